The van der Waals surface area contributed by atoms with Crippen molar-refractivity contribution >= 4 is 0 Å². The van der Waals surface area contributed by atoms with Gasteiger partial charge in [-0.2, -0.15) is 10.4 Å². The van der Waals surface area contributed by atoms with Gasteiger partial charge in [-0.25, -0.2) is 4.98 Å². The van der Waals surface area contributed by atoms with E-state index in [-0.39, 0.29) is 0 Å². The molecule has 2 N–H and O–H groups in total. The van der Waals surface area contributed by atoms with Crippen LogP contribution in [0.1, 0.15) is 5.82 Å². The second kappa shape index (κ2) is 3.45. The normalized spacial score (nSPS) is 8.70. The maximum atomic E-state index is 8.09. The van der Waals surface area contributed by atoms with Gasteiger partial charge < -0.3 is 5.32 Å². The van der Waals surface area contributed by atoms with E-state index in [2.05, 4.69) is 20.5 Å². The molecule has 0 radical (unpaired) electrons. The van der Waals surface area contributed by atoms with Gasteiger partial charge >= 0.3 is 0 Å². The molecule has 0 spiro atoms. The third-order valence-corrected chi connectivity index (χ3v) is 1.03. The van der Waals surface area contributed by atoms with Gasteiger partial charge in [-0.05, 0) is 0 Å². The molecule has 1 aromatic heterocycles. The van der Waals surface area contributed by atoms with Gasteiger partial charge in [0.1, 0.15) is 12.2 Å². The fraction of sp³-hybridized carbons (Fsp3) is 0.400. The molecule has 0 aliphatic carbocycles. The molecule has 0 aromatic carbocycles. The van der Waals surface area contributed by atoms with Crippen molar-refractivity contribution in [1.82, 2.24) is 20.5 Å². The van der Waals surface area contributed by atoms with Crippen LogP contribution in [0.4, 0.5) is 0 Å². The lowest BCUT2D eigenvalue weighted by molar-refractivity contribution is 0.797. The summed E-state index contributed by atoms with van der Waals surface area (Å²) in [5.41, 5.74) is 0. The lowest BCUT2D eigenvalue weighted by atomic mass is 10.4. The van der Waals surface area contributed by atoms with Crippen LogP contribution in [0.3, 0.4) is 0 Å². The van der Waals surface area contributed by atoms with Crippen LogP contribution >= 0.6 is 0 Å². The molecule has 0 aliphatic heterocycles. The van der Waals surface area contributed by atoms with E-state index < -0.39 is 0 Å². The van der Waals surface area contributed by atoms with Gasteiger partial charge in [-0.1, -0.05) is 0 Å². The Bertz CT molecular complexity index is 208. The topological polar surface area (TPSA) is 77.4 Å². The molecular weight excluding hydrogens is 130 g/mol. The fourth-order valence-electron chi connectivity index (χ4n) is 0.588. The lowest BCUT2D eigenvalue weighted by Gasteiger charge is -1.90. The van der Waals surface area contributed by atoms with Gasteiger partial charge in [0.25, 0.3) is 0 Å². The van der Waals surface area contributed by atoms with E-state index in [1.807, 2.05) is 6.19 Å². The Morgan fingerprint density at radius 2 is 2.70 bits per heavy atom. The Morgan fingerprint density at radius 3 is 3.30 bits per heavy atom. The molecule has 0 aliphatic rings. The van der Waals surface area contributed by atoms with Crippen LogP contribution < -0.4 is 5.32 Å². The second-order valence-electron chi connectivity index (χ2n) is 1.72. The minimum absolute atomic E-state index is 0.603. The Labute approximate surface area is 58.1 Å². The fourth-order valence-corrected chi connectivity index (χ4v) is 0.588. The Balaban J connectivity index is 2.23. The molecular formula is C5H7N5. The van der Waals surface area contributed by atoms with E-state index in [1.54, 1.807) is 0 Å². The van der Waals surface area contributed by atoms with Gasteiger partial charge in [-0.15, -0.1) is 0 Å². The average molecular weight is 137 g/mol. The number of nitrogens with zero attached hydrogens (tertiary/aromatic N) is 3. The summed E-state index contributed by atoms with van der Waals surface area (Å²) < 4.78 is 0. The summed E-state index contributed by atoms with van der Waals surface area (Å²) in [6, 6.07) is 0. The molecule has 1 heterocycles. The molecule has 0 fully saturated rings. The molecule has 10 heavy (non-hydrogen) atoms. The molecule has 1 rings (SSSR count). The van der Waals surface area contributed by atoms with Crippen LogP contribution in [0.5, 0.6) is 0 Å². The number of nitriles is 1. The van der Waals surface area contributed by atoms with Crippen LogP contribution in [0.15, 0.2) is 6.33 Å². The molecule has 0 amide bonds. The summed E-state index contributed by atoms with van der Waals surface area (Å²) in [6.07, 6.45) is 3.97. The van der Waals surface area contributed by atoms with Crippen molar-refractivity contribution in [2.24, 2.45) is 0 Å². The van der Waals surface area contributed by atoms with Crippen molar-refractivity contribution < 1.29 is 0 Å². The smallest absolute Gasteiger partial charge is 0.176 e. The molecule has 0 saturated carbocycles. The molecule has 0 unspecified atom stereocenters. The summed E-state index contributed by atoms with van der Waals surface area (Å²) in [5, 5.41) is 16.9. The predicted octanol–water partition coefficient (Wildman–Crippen LogP) is -0.582. The molecule has 0 saturated heterocycles. The first-order valence-electron chi connectivity index (χ1n) is 2.89. The number of hydrogen-bond acceptors (Lipinski definition) is 4. The third kappa shape index (κ3) is 1.74. The lowest BCUT2D eigenvalue weighted by Crippen LogP contribution is -2.10. The van der Waals surface area contributed by atoms with Gasteiger partial charge in [0.2, 0.25) is 0 Å². The highest BCUT2D eigenvalue weighted by molar-refractivity contribution is 4.81. The standard InChI is InChI=1S/C5H7N5/c6-3-7-2-1-5-8-4-9-10-5/h4,7H,1-2H2,(H,8,9,10). The summed E-state index contributed by atoms with van der Waals surface area (Å²) in [7, 11) is 0. The van der Waals surface area contributed by atoms with Crippen LogP contribution in [0.25, 0.3) is 0 Å². The molecule has 0 bridgehead atoms. The van der Waals surface area contributed by atoms with Crippen LogP contribution in [0.2, 0.25) is 0 Å². The molecule has 1 aromatic rings. The summed E-state index contributed by atoms with van der Waals surface area (Å²) in [4.78, 5) is 3.87. The van der Waals surface area contributed by atoms with Gasteiger partial charge in [0.05, 0.1) is 0 Å². The number of nitrogens with one attached hydrogen (secondary N) is 2. The van der Waals surface area contributed by atoms with Crippen LogP contribution in [0, 0.1) is 11.5 Å². The van der Waals surface area contributed by atoms with E-state index in [9.17, 15) is 0 Å². The van der Waals surface area contributed by atoms with Crippen molar-refractivity contribution in [3.8, 4) is 6.19 Å². The molecule has 52 valence electrons. The van der Waals surface area contributed by atoms with E-state index in [0.717, 1.165) is 5.82 Å². The quantitative estimate of drug-likeness (QED) is 0.332. The average Bonchev–Trinajstić information content (AvgIpc) is 2.41. The Morgan fingerprint density at radius 1 is 1.80 bits per heavy atom. The Kier molecular flexibility index (Phi) is 2.26. The van der Waals surface area contributed by atoms with Crippen molar-refractivity contribution in [2.75, 3.05) is 6.54 Å². The van der Waals surface area contributed by atoms with Crippen molar-refractivity contribution in [3.05, 3.63) is 12.2 Å². The minimum Gasteiger partial charge on any atom is -0.323 e. The maximum Gasteiger partial charge on any atom is 0.176 e. The monoisotopic (exact) mass is 137 g/mol. The van der Waals surface area contributed by atoms with E-state index >= 15 is 0 Å². The van der Waals surface area contributed by atoms with E-state index in [4.69, 9.17) is 5.26 Å². The molecule has 5 nitrogen and oxygen atoms in total. The third-order valence-electron chi connectivity index (χ3n) is 1.03. The summed E-state index contributed by atoms with van der Waals surface area (Å²) >= 11 is 0. The highest BCUT2D eigenvalue weighted by Crippen LogP contribution is 1.83. The van der Waals surface area contributed by atoms with Gasteiger partial charge in [-0.3, -0.25) is 5.10 Å². The SMILES string of the molecule is N#CNCCc1ncn[nH]1. The number of hydrogen-bond donors (Lipinski definition) is 2. The number of H-pyrrole nitrogens is 1. The molecule has 5 heteroatoms. The number of aromatic amines is 1. The molecule has 0 atom stereocenters. The first-order valence-corrected chi connectivity index (χ1v) is 2.89. The van der Waals surface area contributed by atoms with E-state index in [1.165, 1.54) is 6.33 Å². The van der Waals surface area contributed by atoms with Gasteiger partial charge in [0.15, 0.2) is 6.19 Å². The minimum atomic E-state index is 0.603. The van der Waals surface area contributed by atoms with Crippen molar-refractivity contribution in [3.63, 3.8) is 0 Å². The highest BCUT2D eigenvalue weighted by Gasteiger charge is 1.91. The largest absolute Gasteiger partial charge is 0.323 e. The summed E-state index contributed by atoms with van der Waals surface area (Å²) in [6.45, 7) is 0.603. The van der Waals surface area contributed by atoms with Crippen LogP contribution in [-0.4, -0.2) is 21.7 Å². The zero-order chi connectivity index (χ0) is 7.23. The maximum absolute atomic E-state index is 8.09. The second-order valence-corrected chi connectivity index (χ2v) is 1.72. The van der Waals surface area contributed by atoms with Crippen molar-refractivity contribution in [2.45, 2.75) is 6.42 Å². The Hall–Kier alpha value is -1.57. The van der Waals surface area contributed by atoms with Crippen molar-refractivity contribution in [1.29, 1.82) is 5.26 Å². The zero-order valence-electron chi connectivity index (χ0n) is 5.33. The summed E-state index contributed by atoms with van der Waals surface area (Å²) in [5.74, 6) is 0.794. The number of rotatable bonds is 3. The van der Waals surface area contributed by atoms with Crippen LogP contribution in [-0.2, 0) is 6.42 Å². The first-order chi connectivity index (χ1) is 4.93. The van der Waals surface area contributed by atoms with E-state index in [0.29, 0.717) is 13.0 Å². The van der Waals surface area contributed by atoms with Gasteiger partial charge in [0, 0.05) is 13.0 Å². The number of aromatic nitrogens is 3. The zero-order valence-corrected chi connectivity index (χ0v) is 5.33. The predicted molar refractivity (Wildman–Crippen MR) is 33.7 cm³/mol. The highest BCUT2D eigenvalue weighted by atomic mass is 15.2. The first kappa shape index (κ1) is 6.55.